The summed E-state index contributed by atoms with van der Waals surface area (Å²) >= 11 is 0. The lowest BCUT2D eigenvalue weighted by Gasteiger charge is -2.32. The van der Waals surface area contributed by atoms with Crippen LogP contribution in [0.1, 0.15) is 42.8 Å². The zero-order valence-corrected chi connectivity index (χ0v) is 22.4. The summed E-state index contributed by atoms with van der Waals surface area (Å²) in [5, 5.41) is 4.30. The SMILES string of the molecule is Cc1cccc(C)c1N1C(=O)[C@H]2[C@@H](CC(C)C)N[C@@]3(c4ccccc4-n4c3nc3ccccc3c4=O)[C@H]2C1=O. The van der Waals surface area contributed by atoms with Crippen LogP contribution in [0.4, 0.5) is 5.69 Å². The van der Waals surface area contributed by atoms with E-state index >= 15 is 0 Å². The lowest BCUT2D eigenvalue weighted by Crippen LogP contribution is -2.50. The van der Waals surface area contributed by atoms with Crippen LogP contribution < -0.4 is 15.8 Å². The van der Waals surface area contributed by atoms with E-state index in [-0.39, 0.29) is 23.4 Å². The standard InChI is InChI=1S/C32H30N4O3/c1-17(2)16-23-25-26(30(39)36(29(25)38)27-18(3)10-9-11-19(27)4)32(34-23)21-13-6-8-15-24(21)35-28(37)20-12-5-7-14-22(20)33-31(32)35/h5-15,17,23,25-26,34H,16H2,1-4H3/t23-,25+,26-,32+/m1/s1. The van der Waals surface area contributed by atoms with Crippen LogP contribution in [0.15, 0.2) is 71.5 Å². The number of carbonyl (C=O) groups is 2. The predicted molar refractivity (Wildman–Crippen MR) is 150 cm³/mol. The summed E-state index contributed by atoms with van der Waals surface area (Å²) in [5.74, 6) is -0.974. The molecule has 0 saturated carbocycles. The number of aromatic nitrogens is 2. The Morgan fingerprint density at radius 1 is 0.897 bits per heavy atom. The maximum absolute atomic E-state index is 14.6. The highest BCUT2D eigenvalue weighted by Crippen LogP contribution is 2.56. The predicted octanol–water partition coefficient (Wildman–Crippen LogP) is 4.38. The van der Waals surface area contributed by atoms with Crippen molar-refractivity contribution in [1.82, 2.24) is 14.9 Å². The molecule has 0 unspecified atom stereocenters. The molecule has 1 aromatic heterocycles. The van der Waals surface area contributed by atoms with Gasteiger partial charge in [-0.1, -0.05) is 62.4 Å². The van der Waals surface area contributed by atoms with Gasteiger partial charge in [-0.15, -0.1) is 0 Å². The number of anilines is 1. The van der Waals surface area contributed by atoms with E-state index in [1.165, 1.54) is 4.90 Å². The first-order valence-electron chi connectivity index (χ1n) is 13.6. The highest BCUT2D eigenvalue weighted by molar-refractivity contribution is 6.24. The maximum Gasteiger partial charge on any atom is 0.266 e. The second-order valence-corrected chi connectivity index (χ2v) is 11.6. The van der Waals surface area contributed by atoms with E-state index < -0.39 is 17.4 Å². The summed E-state index contributed by atoms with van der Waals surface area (Å²) in [5.41, 5.74) is 3.24. The summed E-state index contributed by atoms with van der Waals surface area (Å²) < 4.78 is 1.65. The number of hydrogen-bond acceptors (Lipinski definition) is 5. The van der Waals surface area contributed by atoms with Crippen molar-refractivity contribution in [2.75, 3.05) is 4.90 Å². The molecule has 39 heavy (non-hydrogen) atoms. The lowest BCUT2D eigenvalue weighted by molar-refractivity contribution is -0.123. The number of amides is 2. The van der Waals surface area contributed by atoms with Crippen molar-refractivity contribution in [3.05, 3.63) is 99.6 Å². The van der Waals surface area contributed by atoms with Crippen LogP contribution in [0.2, 0.25) is 0 Å². The second-order valence-electron chi connectivity index (χ2n) is 11.6. The first-order valence-corrected chi connectivity index (χ1v) is 13.6. The molecule has 2 saturated heterocycles. The molecule has 3 aliphatic rings. The fourth-order valence-corrected chi connectivity index (χ4v) is 7.31. The van der Waals surface area contributed by atoms with E-state index in [4.69, 9.17) is 4.98 Å². The Hall–Kier alpha value is -4.10. The molecule has 0 aliphatic carbocycles. The highest BCUT2D eigenvalue weighted by Gasteiger charge is 2.69. The van der Waals surface area contributed by atoms with Crippen molar-refractivity contribution in [3.63, 3.8) is 0 Å². The average Bonchev–Trinajstić information content (AvgIpc) is 3.48. The van der Waals surface area contributed by atoms with Gasteiger partial charge >= 0.3 is 0 Å². The molecular weight excluding hydrogens is 488 g/mol. The Bertz CT molecular complexity index is 1750. The molecule has 7 nitrogen and oxygen atoms in total. The zero-order valence-electron chi connectivity index (χ0n) is 22.4. The van der Waals surface area contributed by atoms with Gasteiger partial charge in [-0.3, -0.25) is 24.3 Å². The van der Waals surface area contributed by atoms with E-state index in [0.29, 0.717) is 40.4 Å². The Morgan fingerprint density at radius 2 is 1.59 bits per heavy atom. The molecule has 0 bridgehead atoms. The molecule has 7 rings (SSSR count). The normalized spacial score (nSPS) is 25.2. The Labute approximate surface area is 226 Å². The maximum atomic E-state index is 14.6. The van der Waals surface area contributed by atoms with Crippen molar-refractivity contribution in [2.24, 2.45) is 17.8 Å². The van der Waals surface area contributed by atoms with Crippen molar-refractivity contribution in [1.29, 1.82) is 0 Å². The van der Waals surface area contributed by atoms with E-state index in [0.717, 1.165) is 16.7 Å². The van der Waals surface area contributed by atoms with E-state index in [9.17, 15) is 14.4 Å². The number of imide groups is 1. The van der Waals surface area contributed by atoms with Crippen LogP contribution in [0.25, 0.3) is 16.6 Å². The molecule has 3 aliphatic heterocycles. The Kier molecular flexibility index (Phi) is 5.04. The summed E-state index contributed by atoms with van der Waals surface area (Å²) in [6, 6.07) is 20.5. The molecule has 4 aromatic rings. The van der Waals surface area contributed by atoms with Crippen LogP contribution in [0, 0.1) is 31.6 Å². The highest BCUT2D eigenvalue weighted by atomic mass is 16.2. The summed E-state index contributed by atoms with van der Waals surface area (Å²) in [7, 11) is 0. The molecule has 1 spiro atoms. The number of nitrogens with one attached hydrogen (secondary N) is 1. The third kappa shape index (κ3) is 3.02. The van der Waals surface area contributed by atoms with Gasteiger partial charge in [0.1, 0.15) is 11.4 Å². The summed E-state index contributed by atoms with van der Waals surface area (Å²) in [6.45, 7) is 8.12. The van der Waals surface area contributed by atoms with Gasteiger partial charge in [0.2, 0.25) is 11.8 Å². The minimum atomic E-state index is -1.11. The van der Waals surface area contributed by atoms with Gasteiger partial charge < -0.3 is 0 Å². The van der Waals surface area contributed by atoms with Crippen LogP contribution in [-0.4, -0.2) is 27.4 Å². The minimum absolute atomic E-state index is 0.172. The van der Waals surface area contributed by atoms with Crippen molar-refractivity contribution >= 4 is 28.4 Å². The van der Waals surface area contributed by atoms with Crippen molar-refractivity contribution in [3.8, 4) is 5.69 Å². The quantitative estimate of drug-likeness (QED) is 0.407. The number of rotatable bonds is 3. The largest absolute Gasteiger partial charge is 0.297 e. The molecule has 0 radical (unpaired) electrons. The molecular formula is C32H30N4O3. The topological polar surface area (TPSA) is 84.3 Å². The first-order chi connectivity index (χ1) is 18.8. The van der Waals surface area contributed by atoms with Gasteiger partial charge in [-0.2, -0.15) is 0 Å². The fourth-order valence-electron chi connectivity index (χ4n) is 7.31. The summed E-state index contributed by atoms with van der Waals surface area (Å²) in [6.07, 6.45) is 0.711. The van der Waals surface area contributed by atoms with E-state index in [1.54, 1.807) is 10.6 Å². The number of carbonyl (C=O) groups excluding carboxylic acids is 2. The molecule has 4 atom stereocenters. The lowest BCUT2D eigenvalue weighted by atomic mass is 9.75. The summed E-state index contributed by atoms with van der Waals surface area (Å²) in [4.78, 5) is 49.3. The van der Waals surface area contributed by atoms with Gasteiger partial charge in [0.25, 0.3) is 5.56 Å². The van der Waals surface area contributed by atoms with Gasteiger partial charge in [0.15, 0.2) is 0 Å². The fraction of sp³-hybridized carbons (Fsp3) is 0.312. The number of fused-ring (bicyclic) bond motifs is 8. The van der Waals surface area contributed by atoms with Crippen molar-refractivity contribution < 1.29 is 9.59 Å². The molecule has 1 N–H and O–H groups in total. The van der Waals surface area contributed by atoms with Gasteiger partial charge in [-0.25, -0.2) is 9.88 Å². The van der Waals surface area contributed by atoms with Crippen LogP contribution in [0.5, 0.6) is 0 Å². The molecule has 4 heterocycles. The van der Waals surface area contributed by atoms with Gasteiger partial charge in [0, 0.05) is 11.6 Å². The number of aryl methyl sites for hydroxylation is 2. The minimum Gasteiger partial charge on any atom is -0.297 e. The Morgan fingerprint density at radius 3 is 2.33 bits per heavy atom. The van der Waals surface area contributed by atoms with Crippen LogP contribution >= 0.6 is 0 Å². The number of hydrogen-bond donors (Lipinski definition) is 1. The first kappa shape index (κ1) is 24.0. The van der Waals surface area contributed by atoms with Crippen molar-refractivity contribution in [2.45, 2.75) is 45.7 Å². The number of para-hydroxylation sites is 3. The van der Waals surface area contributed by atoms with Crippen LogP contribution in [0.3, 0.4) is 0 Å². The molecule has 2 fully saturated rings. The molecule has 3 aromatic carbocycles. The Balaban J connectivity index is 1.54. The van der Waals surface area contributed by atoms with E-state index in [2.05, 4.69) is 19.2 Å². The van der Waals surface area contributed by atoms with Crippen LogP contribution in [-0.2, 0) is 15.1 Å². The van der Waals surface area contributed by atoms with Gasteiger partial charge in [0.05, 0.1) is 34.1 Å². The van der Waals surface area contributed by atoms with Gasteiger partial charge in [-0.05, 0) is 55.5 Å². The molecule has 7 heteroatoms. The average molecular weight is 519 g/mol. The third-order valence-electron chi connectivity index (χ3n) is 8.75. The smallest absolute Gasteiger partial charge is 0.266 e. The second kappa shape index (κ2) is 8.20. The molecule has 2 amide bonds. The third-order valence-corrected chi connectivity index (χ3v) is 8.75. The number of nitrogens with zero attached hydrogens (tertiary/aromatic N) is 3. The monoisotopic (exact) mass is 518 g/mol. The molecule has 196 valence electrons. The zero-order chi connectivity index (χ0) is 27.2. The number of benzene rings is 3. The van der Waals surface area contributed by atoms with E-state index in [1.807, 2.05) is 74.5 Å².